The van der Waals surface area contributed by atoms with E-state index in [1.54, 1.807) is 36.4 Å². The van der Waals surface area contributed by atoms with Gasteiger partial charge in [-0.15, -0.1) is 0 Å². The first kappa shape index (κ1) is 21.4. The predicted octanol–water partition coefficient (Wildman–Crippen LogP) is 3.64. The Kier molecular flexibility index (Phi) is 6.42. The van der Waals surface area contributed by atoms with Gasteiger partial charge in [-0.1, -0.05) is 23.7 Å². The number of ether oxygens (including phenoxy) is 1. The molecule has 1 aliphatic rings. The van der Waals surface area contributed by atoms with Crippen molar-refractivity contribution in [1.29, 1.82) is 0 Å². The van der Waals surface area contributed by atoms with Crippen LogP contribution in [-0.2, 0) is 14.4 Å². The molecule has 1 aliphatic heterocycles. The van der Waals surface area contributed by atoms with E-state index in [4.69, 9.17) is 21.4 Å². The summed E-state index contributed by atoms with van der Waals surface area (Å²) in [5.74, 6) is -2.56. The van der Waals surface area contributed by atoms with Crippen LogP contribution in [0.1, 0.15) is 30.5 Å². The van der Waals surface area contributed by atoms with E-state index in [-0.39, 0.29) is 24.3 Å². The van der Waals surface area contributed by atoms with Crippen molar-refractivity contribution >= 4 is 35.0 Å². The van der Waals surface area contributed by atoms with Crippen LogP contribution in [0.3, 0.4) is 0 Å². The molecule has 0 unspecified atom stereocenters. The van der Waals surface area contributed by atoms with Crippen molar-refractivity contribution in [3.63, 3.8) is 0 Å². The summed E-state index contributed by atoms with van der Waals surface area (Å²) in [6.45, 7) is 2.16. The molecule has 0 aliphatic carbocycles. The Morgan fingerprint density at radius 3 is 2.27 bits per heavy atom. The zero-order valence-corrected chi connectivity index (χ0v) is 16.9. The number of nitrogens with zero attached hydrogens (tertiary/aromatic N) is 1. The fraction of sp³-hybridized carbons (Fsp3) is 0.227. The van der Waals surface area contributed by atoms with Gasteiger partial charge in [0.15, 0.2) is 0 Å². The third kappa shape index (κ3) is 4.31. The standard InChI is InChI=1S/C22H20ClNO6/c1-2-30-16-9-5-13(6-10-16)19-18(20(27)14-3-7-15(23)8-4-14)21(28)22(29)24(19)12-11-17(25)26/h3-10,19,27H,2,11-12H2,1H3,(H,25,26)/t19-/m1/s1. The molecule has 7 nitrogen and oxygen atoms in total. The normalized spacial score (nSPS) is 17.9. The zero-order chi connectivity index (χ0) is 21.8. The third-order valence-electron chi connectivity index (χ3n) is 4.73. The number of hydrogen-bond acceptors (Lipinski definition) is 5. The SMILES string of the molecule is CCOc1ccc([C@@H]2C(=C(O)c3ccc(Cl)cc3)C(=O)C(=O)N2CCC(=O)O)cc1. The topological polar surface area (TPSA) is 104 Å². The molecule has 2 N–H and O–H groups in total. The fourth-order valence-corrected chi connectivity index (χ4v) is 3.48. The molecule has 0 bridgehead atoms. The lowest BCUT2D eigenvalue weighted by Crippen LogP contribution is -2.31. The minimum atomic E-state index is -1.10. The number of hydrogen-bond donors (Lipinski definition) is 2. The van der Waals surface area contributed by atoms with Crippen molar-refractivity contribution in [3.05, 3.63) is 70.3 Å². The highest BCUT2D eigenvalue weighted by Crippen LogP contribution is 2.40. The van der Waals surface area contributed by atoms with Crippen LogP contribution in [0.15, 0.2) is 54.1 Å². The molecular formula is C22H20ClNO6. The van der Waals surface area contributed by atoms with Gasteiger partial charge < -0.3 is 19.8 Å². The van der Waals surface area contributed by atoms with E-state index in [1.165, 1.54) is 17.0 Å². The minimum absolute atomic E-state index is 0.100. The molecule has 0 radical (unpaired) electrons. The molecule has 2 aromatic carbocycles. The van der Waals surface area contributed by atoms with Crippen LogP contribution in [0.5, 0.6) is 5.75 Å². The number of Topliss-reactive ketones (excluding diaryl/α,β-unsaturated/α-hetero) is 1. The second-order valence-electron chi connectivity index (χ2n) is 6.65. The molecule has 2 aromatic rings. The van der Waals surface area contributed by atoms with Crippen molar-refractivity contribution in [3.8, 4) is 5.75 Å². The summed E-state index contributed by atoms with van der Waals surface area (Å²) in [6, 6.07) is 12.0. The molecule has 30 heavy (non-hydrogen) atoms. The van der Waals surface area contributed by atoms with Crippen molar-refractivity contribution in [1.82, 2.24) is 4.90 Å². The number of benzene rings is 2. The number of carboxylic acids is 1. The number of ketones is 1. The first-order valence-electron chi connectivity index (χ1n) is 9.32. The van der Waals surface area contributed by atoms with Crippen LogP contribution >= 0.6 is 11.6 Å². The lowest BCUT2D eigenvalue weighted by atomic mass is 9.95. The highest BCUT2D eigenvalue weighted by atomic mass is 35.5. The molecule has 0 aromatic heterocycles. The van der Waals surface area contributed by atoms with Gasteiger partial charge in [-0.05, 0) is 48.9 Å². The van der Waals surface area contributed by atoms with Crippen LogP contribution < -0.4 is 4.74 Å². The van der Waals surface area contributed by atoms with Crippen LogP contribution in [0, 0.1) is 0 Å². The molecule has 3 rings (SSSR count). The summed E-state index contributed by atoms with van der Waals surface area (Å²) in [5, 5.41) is 20.4. The second-order valence-corrected chi connectivity index (χ2v) is 7.08. The maximum Gasteiger partial charge on any atom is 0.305 e. The van der Waals surface area contributed by atoms with Gasteiger partial charge in [-0.2, -0.15) is 0 Å². The van der Waals surface area contributed by atoms with Crippen molar-refractivity contribution in [2.45, 2.75) is 19.4 Å². The van der Waals surface area contributed by atoms with Gasteiger partial charge >= 0.3 is 5.97 Å². The summed E-state index contributed by atoms with van der Waals surface area (Å²) in [5.41, 5.74) is 0.780. The van der Waals surface area contributed by atoms with Crippen molar-refractivity contribution in [2.24, 2.45) is 0 Å². The van der Waals surface area contributed by atoms with E-state index in [0.29, 0.717) is 28.5 Å². The van der Waals surface area contributed by atoms with Crippen LogP contribution in [0.25, 0.3) is 5.76 Å². The van der Waals surface area contributed by atoms with Crippen LogP contribution in [0.4, 0.5) is 0 Å². The molecule has 0 spiro atoms. The Balaban J connectivity index is 2.11. The smallest absolute Gasteiger partial charge is 0.305 e. The lowest BCUT2D eigenvalue weighted by Gasteiger charge is -2.25. The van der Waals surface area contributed by atoms with E-state index in [1.807, 2.05) is 6.92 Å². The molecule has 8 heteroatoms. The average Bonchev–Trinajstić information content (AvgIpc) is 2.98. The fourth-order valence-electron chi connectivity index (χ4n) is 3.35. The Morgan fingerprint density at radius 2 is 1.70 bits per heavy atom. The summed E-state index contributed by atoms with van der Waals surface area (Å²) >= 11 is 5.89. The minimum Gasteiger partial charge on any atom is -0.507 e. The quantitative estimate of drug-likeness (QED) is 0.395. The number of halogens is 1. The number of amides is 1. The zero-order valence-electron chi connectivity index (χ0n) is 16.2. The number of carbonyl (C=O) groups is 3. The number of carboxylic acid groups (broad SMARTS) is 1. The van der Waals surface area contributed by atoms with E-state index < -0.39 is 23.7 Å². The van der Waals surface area contributed by atoms with Gasteiger partial charge in [-0.25, -0.2) is 0 Å². The predicted molar refractivity (Wildman–Crippen MR) is 110 cm³/mol. The average molecular weight is 430 g/mol. The largest absolute Gasteiger partial charge is 0.507 e. The molecule has 1 heterocycles. The molecule has 1 saturated heterocycles. The lowest BCUT2D eigenvalue weighted by molar-refractivity contribution is -0.142. The van der Waals surface area contributed by atoms with Crippen LogP contribution in [-0.4, -0.2) is 45.9 Å². The Hall–Kier alpha value is -3.32. The van der Waals surface area contributed by atoms with Gasteiger partial charge in [-0.3, -0.25) is 14.4 Å². The summed E-state index contributed by atoms with van der Waals surface area (Å²) in [7, 11) is 0. The van der Waals surface area contributed by atoms with E-state index in [2.05, 4.69) is 0 Å². The molecule has 0 saturated carbocycles. The third-order valence-corrected chi connectivity index (χ3v) is 4.98. The van der Waals surface area contributed by atoms with E-state index in [0.717, 1.165) is 0 Å². The molecule has 1 amide bonds. The highest BCUT2D eigenvalue weighted by Gasteiger charge is 2.46. The Labute approximate surface area is 178 Å². The van der Waals surface area contributed by atoms with Gasteiger partial charge in [0.2, 0.25) is 0 Å². The van der Waals surface area contributed by atoms with Crippen molar-refractivity contribution < 1.29 is 29.3 Å². The number of rotatable bonds is 7. The number of aliphatic carboxylic acids is 1. The molecule has 1 atom stereocenters. The second kappa shape index (κ2) is 9.00. The maximum atomic E-state index is 12.8. The number of carbonyl (C=O) groups excluding carboxylic acids is 2. The van der Waals surface area contributed by atoms with E-state index >= 15 is 0 Å². The first-order valence-corrected chi connectivity index (χ1v) is 9.70. The highest BCUT2D eigenvalue weighted by molar-refractivity contribution is 6.46. The number of aliphatic hydroxyl groups excluding tert-OH is 1. The van der Waals surface area contributed by atoms with Gasteiger partial charge in [0.1, 0.15) is 11.5 Å². The van der Waals surface area contributed by atoms with Gasteiger partial charge in [0, 0.05) is 17.1 Å². The van der Waals surface area contributed by atoms with Gasteiger partial charge in [0.25, 0.3) is 11.7 Å². The van der Waals surface area contributed by atoms with Crippen molar-refractivity contribution in [2.75, 3.05) is 13.2 Å². The molecular weight excluding hydrogens is 410 g/mol. The van der Waals surface area contributed by atoms with E-state index in [9.17, 15) is 19.5 Å². The molecule has 156 valence electrons. The first-order chi connectivity index (χ1) is 14.3. The number of likely N-dealkylation sites (tertiary alicyclic amines) is 1. The summed E-state index contributed by atoms with van der Waals surface area (Å²) < 4.78 is 5.43. The monoisotopic (exact) mass is 429 g/mol. The Morgan fingerprint density at radius 1 is 1.07 bits per heavy atom. The Bertz CT molecular complexity index is 997. The maximum absolute atomic E-state index is 12.8. The molecule has 1 fully saturated rings. The van der Waals surface area contributed by atoms with Gasteiger partial charge in [0.05, 0.1) is 24.6 Å². The summed E-state index contributed by atoms with van der Waals surface area (Å²) in [6.07, 6.45) is -0.332. The number of aliphatic hydroxyl groups is 1. The van der Waals surface area contributed by atoms with Crippen LogP contribution in [0.2, 0.25) is 5.02 Å². The summed E-state index contributed by atoms with van der Waals surface area (Å²) in [4.78, 5) is 37.7.